The third-order valence-corrected chi connectivity index (χ3v) is 6.63. The van der Waals surface area contributed by atoms with Crippen LogP contribution in [0.25, 0.3) is 10.9 Å². The molecule has 2 heterocycles. The molecule has 5 rings (SSSR count). The number of alkyl halides is 3. The van der Waals surface area contributed by atoms with Gasteiger partial charge in [-0.1, -0.05) is 30.3 Å². The summed E-state index contributed by atoms with van der Waals surface area (Å²) in [4.78, 5) is 18.4. The normalized spacial score (nSPS) is 15.6. The summed E-state index contributed by atoms with van der Waals surface area (Å²) in [5.41, 5.74) is 2.07. The maximum atomic E-state index is 14.3. The molecule has 3 aromatic carbocycles. The molecule has 1 N–H and O–H groups in total. The second kappa shape index (κ2) is 9.89. The van der Waals surface area contributed by atoms with E-state index in [1.807, 2.05) is 48.5 Å². The van der Waals surface area contributed by atoms with E-state index >= 15 is 0 Å². The van der Waals surface area contributed by atoms with Crippen LogP contribution in [0.4, 0.5) is 17.6 Å². The Hall–Kier alpha value is -3.85. The number of rotatable bonds is 6. The van der Waals surface area contributed by atoms with Crippen LogP contribution in [0.2, 0.25) is 0 Å². The van der Waals surface area contributed by atoms with E-state index in [0.29, 0.717) is 30.9 Å². The number of hydrogen-bond acceptors (Lipinski definition) is 3. The van der Waals surface area contributed by atoms with Crippen molar-refractivity contribution in [2.24, 2.45) is 0 Å². The number of nitrogens with zero attached hydrogens (tertiary/aromatic N) is 1. The zero-order chi connectivity index (χ0) is 26.2. The molecule has 9 heteroatoms. The van der Waals surface area contributed by atoms with Crippen LogP contribution in [0.15, 0.2) is 66.7 Å². The van der Waals surface area contributed by atoms with E-state index in [2.05, 4.69) is 4.98 Å². The number of halogens is 4. The summed E-state index contributed by atoms with van der Waals surface area (Å²) in [6.07, 6.45) is -4.34. The van der Waals surface area contributed by atoms with E-state index in [0.717, 1.165) is 33.8 Å². The van der Waals surface area contributed by atoms with Crippen LogP contribution in [0.1, 0.15) is 38.8 Å². The first-order valence-corrected chi connectivity index (χ1v) is 11.7. The average Bonchev–Trinajstić information content (AvgIpc) is 3.26. The number of ether oxygens (including phenoxy) is 2. The number of H-pyrrole nitrogens is 1. The quantitative estimate of drug-likeness (QED) is 0.309. The maximum absolute atomic E-state index is 14.3. The third-order valence-electron chi connectivity index (χ3n) is 6.63. The summed E-state index contributed by atoms with van der Waals surface area (Å²) in [6, 6.07) is 16.9. The highest BCUT2D eigenvalue weighted by Crippen LogP contribution is 2.38. The van der Waals surface area contributed by atoms with Gasteiger partial charge in [0.25, 0.3) is 5.91 Å². The third kappa shape index (κ3) is 4.91. The van der Waals surface area contributed by atoms with Crippen LogP contribution in [-0.2, 0) is 23.9 Å². The smallest absolute Gasteiger partial charge is 0.419 e. The average molecular weight is 513 g/mol. The van der Waals surface area contributed by atoms with E-state index in [9.17, 15) is 22.4 Å². The lowest BCUT2D eigenvalue weighted by molar-refractivity contribution is -0.140. The Balaban J connectivity index is 1.48. The zero-order valence-corrected chi connectivity index (χ0v) is 19.9. The fourth-order valence-electron chi connectivity index (χ4n) is 4.80. The fourth-order valence-corrected chi connectivity index (χ4v) is 4.80. The Labute approximate surface area is 210 Å². The number of hydrogen-bond donors (Lipinski definition) is 1. The minimum atomic E-state index is -4.84. The van der Waals surface area contributed by atoms with E-state index in [1.54, 1.807) is 7.11 Å². The zero-order valence-electron chi connectivity index (χ0n) is 19.9. The van der Waals surface area contributed by atoms with Gasteiger partial charge in [-0.15, -0.1) is 0 Å². The Morgan fingerprint density at radius 1 is 1.08 bits per heavy atom. The molecule has 1 atom stereocenters. The summed E-state index contributed by atoms with van der Waals surface area (Å²) in [5, 5.41) is 0.968. The summed E-state index contributed by atoms with van der Waals surface area (Å²) >= 11 is 0. The first-order chi connectivity index (χ1) is 17.8. The van der Waals surface area contributed by atoms with Gasteiger partial charge in [-0.25, -0.2) is 4.39 Å². The standard InChI is InChI=1S/C28H24F4N2O3/c1-36-19-8-10-24-21(14-19)20-11-12-34(27(35)18-7-9-22(23(29)13-18)28(30,31)32)25(26(20)33-24)16-37-15-17-5-3-2-4-6-17/h2-10,13-14,25,33H,11-12,15-16H2,1H3. The van der Waals surface area contributed by atoms with E-state index in [1.165, 1.54) is 4.90 Å². The van der Waals surface area contributed by atoms with Gasteiger partial charge in [0.2, 0.25) is 0 Å². The first kappa shape index (κ1) is 24.8. The molecule has 1 amide bonds. The molecule has 0 saturated carbocycles. The van der Waals surface area contributed by atoms with Gasteiger partial charge >= 0.3 is 6.18 Å². The number of carbonyl (C=O) groups excluding carboxylic acids is 1. The van der Waals surface area contributed by atoms with Crippen LogP contribution < -0.4 is 4.74 Å². The van der Waals surface area contributed by atoms with Crippen LogP contribution >= 0.6 is 0 Å². The molecule has 0 aliphatic carbocycles. The lowest BCUT2D eigenvalue weighted by atomic mass is 9.96. The van der Waals surface area contributed by atoms with Gasteiger partial charge in [0.05, 0.1) is 31.9 Å². The van der Waals surface area contributed by atoms with Gasteiger partial charge in [0, 0.05) is 28.7 Å². The number of nitrogens with one attached hydrogen (secondary N) is 1. The van der Waals surface area contributed by atoms with Crippen LogP contribution in [0.5, 0.6) is 5.75 Å². The van der Waals surface area contributed by atoms with Gasteiger partial charge in [0.15, 0.2) is 0 Å². The van der Waals surface area contributed by atoms with Crippen molar-refractivity contribution in [3.8, 4) is 5.75 Å². The SMILES string of the molecule is COc1ccc2[nH]c3c(c2c1)CCN(C(=O)c1ccc(C(F)(F)F)c(F)c1)C3COCc1ccccc1. The van der Waals surface area contributed by atoms with Gasteiger partial charge in [0.1, 0.15) is 11.6 Å². The highest BCUT2D eigenvalue weighted by Gasteiger charge is 2.37. The Bertz CT molecular complexity index is 1430. The van der Waals surface area contributed by atoms with E-state index < -0.39 is 29.5 Å². The molecule has 0 spiro atoms. The second-order valence-electron chi connectivity index (χ2n) is 8.89. The summed E-state index contributed by atoms with van der Waals surface area (Å²) in [7, 11) is 1.59. The summed E-state index contributed by atoms with van der Waals surface area (Å²) < 4.78 is 64.7. The monoisotopic (exact) mass is 512 g/mol. The van der Waals surface area contributed by atoms with Crippen molar-refractivity contribution in [2.75, 3.05) is 20.3 Å². The number of carbonyl (C=O) groups is 1. The molecular weight excluding hydrogens is 488 g/mol. The van der Waals surface area contributed by atoms with Gasteiger partial charge in [-0.3, -0.25) is 4.79 Å². The number of methoxy groups -OCH3 is 1. The van der Waals surface area contributed by atoms with Gasteiger partial charge < -0.3 is 19.4 Å². The van der Waals surface area contributed by atoms with Crippen LogP contribution in [0, 0.1) is 5.82 Å². The van der Waals surface area contributed by atoms with Crippen LogP contribution in [-0.4, -0.2) is 36.1 Å². The molecule has 1 unspecified atom stereocenters. The van der Waals surface area contributed by atoms with Crippen molar-refractivity contribution in [2.45, 2.75) is 25.2 Å². The Morgan fingerprint density at radius 2 is 1.86 bits per heavy atom. The summed E-state index contributed by atoms with van der Waals surface area (Å²) in [5.74, 6) is -1.35. The van der Waals surface area contributed by atoms with Crippen molar-refractivity contribution >= 4 is 16.8 Å². The van der Waals surface area contributed by atoms with Crippen LogP contribution in [0.3, 0.4) is 0 Å². The number of amides is 1. The molecular formula is C28H24F4N2O3. The maximum Gasteiger partial charge on any atom is 0.419 e. The molecule has 5 nitrogen and oxygen atoms in total. The van der Waals surface area contributed by atoms with Crippen molar-refractivity contribution in [3.63, 3.8) is 0 Å². The molecule has 1 aliphatic heterocycles. The fraction of sp³-hybridized carbons (Fsp3) is 0.250. The molecule has 0 fully saturated rings. The molecule has 1 aliphatic rings. The van der Waals surface area contributed by atoms with Crippen molar-refractivity contribution in [1.29, 1.82) is 0 Å². The minimum Gasteiger partial charge on any atom is -0.497 e. The van der Waals surface area contributed by atoms with Gasteiger partial charge in [-0.05, 0) is 53.9 Å². The first-order valence-electron chi connectivity index (χ1n) is 11.7. The molecule has 1 aromatic heterocycles. The number of fused-ring (bicyclic) bond motifs is 3. The molecule has 37 heavy (non-hydrogen) atoms. The van der Waals surface area contributed by atoms with Gasteiger partial charge in [-0.2, -0.15) is 13.2 Å². The predicted octanol–water partition coefficient (Wildman–Crippen LogP) is 6.29. The predicted molar refractivity (Wildman–Crippen MR) is 130 cm³/mol. The number of aromatic nitrogens is 1. The molecule has 4 aromatic rings. The largest absolute Gasteiger partial charge is 0.497 e. The van der Waals surface area contributed by atoms with Crippen molar-refractivity contribution < 1.29 is 31.8 Å². The highest BCUT2D eigenvalue weighted by atomic mass is 19.4. The molecule has 0 radical (unpaired) electrons. The van der Waals surface area contributed by atoms with E-state index in [-0.39, 0.29) is 18.7 Å². The number of aromatic amines is 1. The Morgan fingerprint density at radius 3 is 2.57 bits per heavy atom. The van der Waals surface area contributed by atoms with Crippen molar-refractivity contribution in [3.05, 3.63) is 100 Å². The highest BCUT2D eigenvalue weighted by molar-refractivity contribution is 5.95. The second-order valence-corrected chi connectivity index (χ2v) is 8.89. The molecule has 0 saturated heterocycles. The lowest BCUT2D eigenvalue weighted by Gasteiger charge is -2.36. The lowest BCUT2D eigenvalue weighted by Crippen LogP contribution is -2.42. The number of benzene rings is 3. The molecule has 192 valence electrons. The molecule has 0 bridgehead atoms. The minimum absolute atomic E-state index is 0.140. The van der Waals surface area contributed by atoms with E-state index in [4.69, 9.17) is 9.47 Å². The van der Waals surface area contributed by atoms with Crippen molar-refractivity contribution in [1.82, 2.24) is 9.88 Å². The Kier molecular flexibility index (Phi) is 6.64. The topological polar surface area (TPSA) is 54.6 Å². The summed E-state index contributed by atoms with van der Waals surface area (Å²) in [6.45, 7) is 0.746.